The molecular weight excluding hydrogens is 1280 g/mol. The number of amides is 10. The zero-order valence-corrected chi connectivity index (χ0v) is 56.4. The van der Waals surface area contributed by atoms with Crippen molar-refractivity contribution in [2.75, 3.05) is 44.7 Å². The summed E-state index contributed by atoms with van der Waals surface area (Å²) in [7, 11) is 0. The Morgan fingerprint density at radius 1 is 0.592 bits per heavy atom. The van der Waals surface area contributed by atoms with Gasteiger partial charge >= 0.3 is 5.97 Å². The van der Waals surface area contributed by atoms with E-state index in [1.807, 2.05) is 44.2 Å². The van der Waals surface area contributed by atoms with Gasteiger partial charge in [0.15, 0.2) is 0 Å². The summed E-state index contributed by atoms with van der Waals surface area (Å²) in [6.07, 6.45) is 2.64. The molecule has 0 aliphatic carbocycles. The monoisotopic (exact) mass is 1370 g/mol. The Hall–Kier alpha value is -9.26. The summed E-state index contributed by atoms with van der Waals surface area (Å²) in [5.41, 5.74) is 8.51. The molecule has 2 fully saturated rings. The zero-order valence-electron chi connectivity index (χ0n) is 55.6. The molecule has 30 heteroatoms. The van der Waals surface area contributed by atoms with Crippen LogP contribution in [0.2, 0.25) is 0 Å². The SMILES string of the molecule is CSCC[C@H](NC(=O)[C@@H](N)CC1=c2ccccc2=NC1)C(=O)N[C@H](C(=O)N[C@H](C(=O)N1CCC[C@H]1C(=O)N[C@@H](CC1=c2ccccc2=NC1)C(=O)NCC(=O)N[C@@H](Cc1ccccc1)C(=O)N[C@@H](CC(C)C)C(=O)N[C@@H](CC1C=NC=N1)C(=O)N1CCC[C@H]1C(=O)O)[C@@H](C)O)[C@@H](C)O. The number of carbonyl (C=O) groups excluding carboxylic acids is 10. The molecule has 98 heavy (non-hydrogen) atoms. The van der Waals surface area contributed by atoms with Gasteiger partial charge in [0.1, 0.15) is 60.7 Å². The number of nitrogens with zero attached hydrogens (tertiary/aromatic N) is 6. The number of aliphatic hydroxyl groups is 2. The quantitative estimate of drug-likeness (QED) is 0.0274. The predicted octanol–water partition coefficient (Wildman–Crippen LogP) is -3.69. The number of aliphatic hydroxyl groups excluding tert-OH is 2. The number of carboxylic acid groups (broad SMARTS) is 1. The summed E-state index contributed by atoms with van der Waals surface area (Å²) in [5, 5.41) is 56.2. The summed E-state index contributed by atoms with van der Waals surface area (Å²) in [6, 6.07) is 9.45. The van der Waals surface area contributed by atoms with E-state index in [1.54, 1.807) is 54.8 Å². The van der Waals surface area contributed by atoms with E-state index in [0.29, 0.717) is 35.2 Å². The van der Waals surface area contributed by atoms with Gasteiger partial charge in [-0.2, -0.15) is 11.8 Å². The molecule has 13 N–H and O–H groups in total. The summed E-state index contributed by atoms with van der Waals surface area (Å²) in [5.74, 6) is -8.98. The third kappa shape index (κ3) is 20.0. The van der Waals surface area contributed by atoms with Crippen LogP contribution in [0.25, 0.3) is 11.1 Å². The van der Waals surface area contributed by atoms with Crippen LogP contribution in [-0.2, 0) is 59.2 Å². The standard InChI is InChI=1S/C68H89N15O14S/c1-37(2)27-50(62(90)79-53(31-43-34-70-36-74-43)66(94)83-25-14-22-55(83)68(96)97)77-63(91)51(28-40-15-7-6-8-16-40)75-56(86)35-73-60(88)52(30-42-33-72-48-20-12-10-18-45(42)48)78-64(92)54-21-13-24-82(54)67(95)58(39(4)85)81-65(93)57(38(3)84)80-61(89)49(23-26-98-5)76-59(87)46(69)29-41-32-71-47-19-11-9-17-44(41)47/h6-12,15-20,34,36-39,43,46,49-55,57-58,84-85H,13-14,21-33,35,69H2,1-5H3,(H,73,88)(H,75,86)(H,76,87)(H,77,91)(H,78,92)(H,79,90)(H,80,89)(H,81,93)(H,96,97)/t38-,39-,43?,46+,49+,50+,51+,52+,53+,54+,55+,57+,58+/m1/s1. The number of nitrogens with two attached hydrogens (primary N) is 1. The molecule has 0 bridgehead atoms. The van der Waals surface area contributed by atoms with Crippen molar-refractivity contribution in [1.29, 1.82) is 0 Å². The van der Waals surface area contributed by atoms with E-state index in [9.17, 15) is 68.1 Å². The van der Waals surface area contributed by atoms with Crippen molar-refractivity contribution in [3.63, 3.8) is 0 Å². The number of fused-ring (bicyclic) bond motifs is 2. The molecule has 10 amide bonds. The zero-order chi connectivity index (χ0) is 70.7. The lowest BCUT2D eigenvalue weighted by Crippen LogP contribution is -2.63. The topological polar surface area (TPSA) is 427 Å². The molecule has 0 radical (unpaired) electrons. The Labute approximate surface area is 571 Å². The van der Waals surface area contributed by atoms with Gasteiger partial charge in [0, 0.05) is 49.0 Å². The molecule has 1 unspecified atom stereocenters. The second kappa shape index (κ2) is 35.3. The number of carboxylic acids is 1. The normalized spacial score (nSPS) is 19.7. The highest BCUT2D eigenvalue weighted by Crippen LogP contribution is 2.23. The smallest absolute Gasteiger partial charge is 0.326 e. The van der Waals surface area contributed by atoms with E-state index in [4.69, 9.17) is 5.73 Å². The van der Waals surface area contributed by atoms with E-state index >= 15 is 0 Å². The van der Waals surface area contributed by atoms with Crippen LogP contribution in [0.1, 0.15) is 91.0 Å². The van der Waals surface area contributed by atoms with Crippen molar-refractivity contribution >= 4 is 101 Å². The number of benzene rings is 3. The molecule has 8 rings (SSSR count). The molecule has 0 saturated carbocycles. The van der Waals surface area contributed by atoms with Crippen LogP contribution >= 0.6 is 11.8 Å². The van der Waals surface area contributed by atoms with Gasteiger partial charge in [-0.05, 0) is 106 Å². The fourth-order valence-corrected chi connectivity index (χ4v) is 13.0. The lowest BCUT2D eigenvalue weighted by atomic mass is 9.99. The molecule has 3 aromatic rings. The molecule has 5 aliphatic rings. The predicted molar refractivity (Wildman–Crippen MR) is 363 cm³/mol. The second-order valence-corrected chi connectivity index (χ2v) is 26.6. The molecule has 2 saturated heterocycles. The molecule has 5 heterocycles. The summed E-state index contributed by atoms with van der Waals surface area (Å²) in [4.78, 5) is 174. The highest BCUT2D eigenvalue weighted by molar-refractivity contribution is 7.98. The van der Waals surface area contributed by atoms with Gasteiger partial charge in [-0.25, -0.2) is 9.79 Å². The van der Waals surface area contributed by atoms with Gasteiger partial charge in [0.05, 0.1) is 54.6 Å². The average Bonchev–Trinajstić information content (AvgIpc) is 1.59. The van der Waals surface area contributed by atoms with Crippen molar-refractivity contribution in [2.24, 2.45) is 31.6 Å². The van der Waals surface area contributed by atoms with Gasteiger partial charge < -0.3 is 73.4 Å². The molecule has 29 nitrogen and oxygen atoms in total. The van der Waals surface area contributed by atoms with E-state index < -0.39 is 150 Å². The maximum atomic E-state index is 14.6. The Bertz CT molecular complexity index is 3770. The summed E-state index contributed by atoms with van der Waals surface area (Å²) >= 11 is 1.40. The van der Waals surface area contributed by atoms with E-state index in [2.05, 4.69) is 62.5 Å². The number of nitrogens with one attached hydrogen (secondary N) is 8. The van der Waals surface area contributed by atoms with Crippen LogP contribution in [0.15, 0.2) is 98.8 Å². The first-order valence-corrected chi connectivity index (χ1v) is 34.5. The summed E-state index contributed by atoms with van der Waals surface area (Å²) < 4.78 is 0. The number of para-hydroxylation sites is 2. The summed E-state index contributed by atoms with van der Waals surface area (Å²) in [6.45, 7) is 6.06. The van der Waals surface area contributed by atoms with Crippen LogP contribution in [0, 0.1) is 5.92 Å². The third-order valence-corrected chi connectivity index (χ3v) is 18.4. The lowest BCUT2D eigenvalue weighted by molar-refractivity contribution is -0.149. The molecule has 3 aromatic carbocycles. The van der Waals surface area contributed by atoms with Crippen LogP contribution in [-0.4, -0.2) is 226 Å². The fraction of sp³-hybridized carbons (Fsp3) is 0.515. The minimum Gasteiger partial charge on any atom is -0.480 e. The highest BCUT2D eigenvalue weighted by Gasteiger charge is 2.43. The minimum atomic E-state index is -1.73. The number of carbonyl (C=O) groups is 11. The van der Waals surface area contributed by atoms with E-state index in [1.165, 1.54) is 43.1 Å². The minimum absolute atomic E-state index is 0.0209. The maximum Gasteiger partial charge on any atom is 0.326 e. The second-order valence-electron chi connectivity index (χ2n) is 25.6. The number of thioether (sulfide) groups is 1. The Balaban J connectivity index is 0.935. The van der Waals surface area contributed by atoms with Crippen LogP contribution in [0.3, 0.4) is 0 Å². The molecule has 526 valence electrons. The Morgan fingerprint density at radius 2 is 1.14 bits per heavy atom. The van der Waals surface area contributed by atoms with Gasteiger partial charge in [0.25, 0.3) is 0 Å². The number of likely N-dealkylation sites (tertiary alicyclic amines) is 2. The van der Waals surface area contributed by atoms with Crippen LogP contribution < -0.4 is 69.4 Å². The Morgan fingerprint density at radius 3 is 1.74 bits per heavy atom. The first kappa shape index (κ1) is 74.5. The highest BCUT2D eigenvalue weighted by atomic mass is 32.2. The van der Waals surface area contributed by atoms with Crippen molar-refractivity contribution in [2.45, 2.75) is 171 Å². The average molecular weight is 1370 g/mol. The largest absolute Gasteiger partial charge is 0.480 e. The number of hydrogen-bond donors (Lipinski definition) is 12. The van der Waals surface area contributed by atoms with Crippen molar-refractivity contribution in [1.82, 2.24) is 52.3 Å². The van der Waals surface area contributed by atoms with Crippen molar-refractivity contribution < 1.29 is 68.1 Å². The number of rotatable bonds is 34. The van der Waals surface area contributed by atoms with Gasteiger partial charge in [-0.1, -0.05) is 80.6 Å². The van der Waals surface area contributed by atoms with Crippen LogP contribution in [0.4, 0.5) is 0 Å². The fourth-order valence-electron chi connectivity index (χ4n) is 12.6. The van der Waals surface area contributed by atoms with Crippen LogP contribution in [0.5, 0.6) is 0 Å². The van der Waals surface area contributed by atoms with E-state index in [0.717, 1.165) is 26.3 Å². The molecular formula is C68H89N15O14S. The van der Waals surface area contributed by atoms with Gasteiger partial charge in [-0.3, -0.25) is 62.9 Å². The number of hydrogen-bond acceptors (Lipinski definition) is 19. The van der Waals surface area contributed by atoms with Crippen molar-refractivity contribution in [3.05, 3.63) is 106 Å². The molecule has 0 spiro atoms. The molecule has 13 atom stereocenters. The maximum absolute atomic E-state index is 14.6. The lowest BCUT2D eigenvalue weighted by Gasteiger charge is -2.32. The molecule has 5 aliphatic heterocycles. The number of aliphatic imine (C=N–C) groups is 2. The van der Waals surface area contributed by atoms with E-state index in [-0.39, 0.29) is 83.3 Å². The third-order valence-electron chi connectivity index (χ3n) is 17.7. The number of aliphatic carboxylic acids is 1. The molecule has 0 aromatic heterocycles. The first-order valence-electron chi connectivity index (χ1n) is 33.1. The Kier molecular flexibility index (Phi) is 26.9. The van der Waals surface area contributed by atoms with Gasteiger partial charge in [-0.15, -0.1) is 0 Å². The first-order chi connectivity index (χ1) is 46.9. The van der Waals surface area contributed by atoms with Crippen molar-refractivity contribution in [3.8, 4) is 0 Å². The van der Waals surface area contributed by atoms with Gasteiger partial charge in [0.2, 0.25) is 59.1 Å².